The van der Waals surface area contributed by atoms with E-state index in [9.17, 15) is 24.3 Å². The van der Waals surface area contributed by atoms with E-state index in [1.54, 1.807) is 42.4 Å². The number of alkyl carbamates (subject to hydrolysis) is 1. The van der Waals surface area contributed by atoms with Gasteiger partial charge in [0.2, 0.25) is 5.91 Å². The maximum absolute atomic E-state index is 13.9. The average Bonchev–Trinajstić information content (AvgIpc) is 4.09. The molecule has 2 aromatic carbocycles. The molecule has 6 atom stereocenters. The van der Waals surface area contributed by atoms with Crippen molar-refractivity contribution in [2.45, 2.75) is 102 Å². The predicted molar refractivity (Wildman–Crippen MR) is 253 cm³/mol. The predicted octanol–water partition coefficient (Wildman–Crippen LogP) is 5.31. The second-order valence-electron chi connectivity index (χ2n) is 16.1. The van der Waals surface area contributed by atoms with Crippen molar-refractivity contribution < 1.29 is 34.1 Å². The number of amides is 4. The molecule has 0 bridgehead atoms. The summed E-state index contributed by atoms with van der Waals surface area (Å²) in [7, 11) is 1.68. The highest BCUT2D eigenvalue weighted by atomic mass is 32.2. The lowest BCUT2D eigenvalue weighted by Gasteiger charge is -2.30. The minimum atomic E-state index is -1.05. The molecule has 7 N–H and O–H groups in total. The van der Waals surface area contributed by atoms with Gasteiger partial charge in [0.05, 0.1) is 46.4 Å². The van der Waals surface area contributed by atoms with Crippen molar-refractivity contribution in [3.8, 4) is 0 Å². The number of urea groups is 1. The van der Waals surface area contributed by atoms with E-state index in [0.29, 0.717) is 31.1 Å². The molecule has 0 spiro atoms. The van der Waals surface area contributed by atoms with Crippen LogP contribution < -0.4 is 27.4 Å². The van der Waals surface area contributed by atoms with Crippen molar-refractivity contribution in [3.63, 3.8) is 0 Å². The Balaban J connectivity index is 0.000000443. The highest BCUT2D eigenvalue weighted by molar-refractivity contribution is 8.00. The second-order valence-corrected chi connectivity index (χ2v) is 19.2. The summed E-state index contributed by atoms with van der Waals surface area (Å²) in [6, 6.07) is 18.3. The summed E-state index contributed by atoms with van der Waals surface area (Å²) < 4.78 is 12.2. The van der Waals surface area contributed by atoms with Crippen LogP contribution in [0.25, 0.3) is 0 Å². The van der Waals surface area contributed by atoms with Crippen LogP contribution in [0.3, 0.4) is 0 Å². The van der Waals surface area contributed by atoms with Crippen LogP contribution in [0.5, 0.6) is 0 Å². The molecule has 5 aromatic rings. The first-order chi connectivity index (χ1) is 31.2. The van der Waals surface area contributed by atoms with Crippen molar-refractivity contribution in [3.05, 3.63) is 127 Å². The number of hydrogen-bond acceptors (Lipinski definition) is 15. The van der Waals surface area contributed by atoms with E-state index < -0.39 is 36.0 Å². The van der Waals surface area contributed by atoms with Gasteiger partial charge in [-0.15, -0.1) is 34.4 Å². The summed E-state index contributed by atoms with van der Waals surface area (Å²) in [5.41, 5.74) is 9.03. The molecule has 4 amide bonds. The Morgan fingerprint density at radius 3 is 2.25 bits per heavy atom. The lowest BCUT2D eigenvalue weighted by molar-refractivity contribution is -0.124. The highest BCUT2D eigenvalue weighted by Crippen LogP contribution is 2.30. The molecule has 20 heteroatoms. The topological polar surface area (TPSA) is 236 Å². The van der Waals surface area contributed by atoms with Crippen molar-refractivity contribution in [1.82, 2.24) is 40.4 Å². The first kappa shape index (κ1) is 50.6. The molecule has 0 radical (unpaired) electrons. The number of nitrogens with one attached hydrogen (secondary N) is 3. The number of nitrogens with zero attached hydrogens (tertiary/aromatic N) is 5. The monoisotopic (exact) mass is 949 g/mol. The van der Waals surface area contributed by atoms with E-state index in [1.165, 1.54) is 32.6 Å². The zero-order valence-electron chi connectivity index (χ0n) is 37.1. The van der Waals surface area contributed by atoms with E-state index >= 15 is 0 Å². The summed E-state index contributed by atoms with van der Waals surface area (Å²) in [4.78, 5) is 66.0. The van der Waals surface area contributed by atoms with E-state index in [2.05, 4.69) is 44.7 Å². The van der Waals surface area contributed by atoms with E-state index in [0.717, 1.165) is 26.7 Å². The number of nitrogens with two attached hydrogens (primary N) is 1. The SMILES string of the molecule is CC(C)c1nc(CN(C)C(=O)N[C@H](C(=O)N[C@@H](Cc2ccccc2)C[C@H](O)[C@H](Cc2ccccc2)NC(=O)OCc2cncs2)C(C)C)cs1.Nc1ccn([C@H]2CS[C@@H](CO)O2)c(=O)n1. The molecule has 65 heavy (non-hydrogen) atoms. The third-order valence-corrected chi connectivity index (χ3v) is 13.2. The third kappa shape index (κ3) is 16.2. The number of ether oxygens (including phenoxy) is 2. The molecule has 1 aliphatic heterocycles. The maximum atomic E-state index is 13.9. The number of aliphatic hydroxyl groups excluding tert-OH is 2. The molecular formula is C45H59N9O8S3. The minimum Gasteiger partial charge on any atom is -0.444 e. The van der Waals surface area contributed by atoms with Crippen LogP contribution in [0.2, 0.25) is 0 Å². The van der Waals surface area contributed by atoms with Crippen molar-refractivity contribution >= 4 is 58.3 Å². The smallest absolute Gasteiger partial charge is 0.407 e. The van der Waals surface area contributed by atoms with Gasteiger partial charge in [-0.25, -0.2) is 19.4 Å². The second kappa shape index (κ2) is 25.4. The van der Waals surface area contributed by atoms with Crippen LogP contribution >= 0.6 is 34.4 Å². The van der Waals surface area contributed by atoms with Gasteiger partial charge in [0.25, 0.3) is 0 Å². The van der Waals surface area contributed by atoms with Gasteiger partial charge in [-0.1, -0.05) is 88.4 Å². The van der Waals surface area contributed by atoms with Gasteiger partial charge in [0.1, 0.15) is 30.1 Å². The molecule has 0 saturated carbocycles. The number of aromatic nitrogens is 4. The Kier molecular flexibility index (Phi) is 19.7. The molecule has 1 aliphatic rings. The number of carbonyl (C=O) groups excluding carboxylic acids is 3. The summed E-state index contributed by atoms with van der Waals surface area (Å²) in [5.74, 6) is 0.540. The molecule has 3 aromatic heterocycles. The zero-order chi connectivity index (χ0) is 46.9. The number of benzene rings is 2. The van der Waals surface area contributed by atoms with Crippen molar-refractivity contribution in [2.75, 3.05) is 25.1 Å². The third-order valence-electron chi connectivity index (χ3n) is 10.2. The molecule has 0 aliphatic carbocycles. The van der Waals surface area contributed by atoms with E-state index in [1.807, 2.05) is 79.9 Å². The quantitative estimate of drug-likeness (QED) is 0.0617. The summed E-state index contributed by atoms with van der Waals surface area (Å²) in [6.45, 7) is 8.23. The molecule has 17 nitrogen and oxygen atoms in total. The average molecular weight is 950 g/mol. The minimum absolute atomic E-state index is 0.0572. The van der Waals surface area contributed by atoms with Gasteiger partial charge < -0.3 is 46.3 Å². The lowest BCUT2D eigenvalue weighted by Crippen LogP contribution is -2.55. The van der Waals surface area contributed by atoms with Crippen molar-refractivity contribution in [1.29, 1.82) is 0 Å². The van der Waals surface area contributed by atoms with Gasteiger partial charge in [-0.3, -0.25) is 14.3 Å². The Morgan fingerprint density at radius 2 is 1.66 bits per heavy atom. The fourth-order valence-electron chi connectivity index (χ4n) is 6.72. The van der Waals surface area contributed by atoms with E-state index in [4.69, 9.17) is 20.3 Å². The molecule has 350 valence electrons. The fraction of sp³-hybridized carbons (Fsp3) is 0.444. The van der Waals surface area contributed by atoms with Crippen LogP contribution in [0.4, 0.5) is 15.4 Å². The van der Waals surface area contributed by atoms with Gasteiger partial charge in [0, 0.05) is 42.5 Å². The van der Waals surface area contributed by atoms with Crippen LogP contribution in [-0.2, 0) is 40.3 Å². The first-order valence-corrected chi connectivity index (χ1v) is 24.0. The molecule has 1 fully saturated rings. The Hall–Kier alpha value is -5.38. The normalized spacial score (nSPS) is 16.4. The first-order valence-electron chi connectivity index (χ1n) is 21.2. The van der Waals surface area contributed by atoms with Gasteiger partial charge in [0.15, 0.2) is 0 Å². The number of hydrogen-bond donors (Lipinski definition) is 6. The fourth-order valence-corrected chi connectivity index (χ4v) is 8.98. The van der Waals surface area contributed by atoms with Crippen molar-refractivity contribution in [2.24, 2.45) is 5.92 Å². The Morgan fingerprint density at radius 1 is 0.969 bits per heavy atom. The lowest BCUT2D eigenvalue weighted by atomic mass is 9.93. The van der Waals surface area contributed by atoms with Gasteiger partial charge >= 0.3 is 17.8 Å². The molecule has 6 rings (SSSR count). The van der Waals surface area contributed by atoms with Crippen LogP contribution in [-0.4, -0.2) is 102 Å². The Bertz CT molecular complexity index is 2280. The molecule has 4 heterocycles. The number of thioether (sulfide) groups is 1. The van der Waals surface area contributed by atoms with Gasteiger partial charge in [-0.05, 0) is 42.4 Å². The zero-order valence-corrected chi connectivity index (χ0v) is 39.6. The largest absolute Gasteiger partial charge is 0.444 e. The molecular weight excluding hydrogens is 891 g/mol. The molecule has 0 unspecified atom stereocenters. The number of anilines is 1. The number of nitrogen functional groups attached to an aromatic ring is 1. The van der Waals surface area contributed by atoms with Gasteiger partial charge in [-0.2, -0.15) is 4.98 Å². The maximum Gasteiger partial charge on any atom is 0.407 e. The number of rotatable bonds is 19. The van der Waals surface area contributed by atoms with Crippen LogP contribution in [0, 0.1) is 5.92 Å². The number of aliphatic hydroxyl groups is 2. The van der Waals surface area contributed by atoms with E-state index in [-0.39, 0.29) is 55.0 Å². The Labute approximate surface area is 391 Å². The number of carbonyl (C=O) groups is 3. The highest BCUT2D eigenvalue weighted by Gasteiger charge is 2.31. The van der Waals surface area contributed by atoms with Crippen LogP contribution in [0.15, 0.2) is 94.8 Å². The number of thiazole rings is 2. The summed E-state index contributed by atoms with van der Waals surface area (Å²) >= 11 is 4.42. The summed E-state index contributed by atoms with van der Waals surface area (Å²) in [5, 5.41) is 32.4. The summed E-state index contributed by atoms with van der Waals surface area (Å²) in [6.07, 6.45) is 2.02. The van der Waals surface area contributed by atoms with Crippen LogP contribution in [0.1, 0.15) is 73.0 Å². The molecule has 1 saturated heterocycles. The standard InChI is InChI=1S/C37H48N6O5S2.C8H11N3O3S/c1-24(2)33(42-36(46)43(5)20-29-22-49-35(40-29)25(3)4)34(45)39-28(16-26-12-8-6-9-13-26)18-32(44)31(17-27-14-10-7-11-15-27)41-37(47)48-21-30-19-38-23-50-30;9-5-1-2-11(8(13)10-5)6-4-15-7(3-12)14-6/h6-15,19,22-25,28,31-33,44H,16-18,20-21H2,1-5H3,(H,39,45)(H,41,47)(H,42,46);1-2,6-7,12H,3-4H2,(H2,9,10,13)/t28-,31-,32-,33-;6-,7+/m01/s1.